The Morgan fingerprint density at radius 3 is 2.82 bits per heavy atom. The fourth-order valence-corrected chi connectivity index (χ4v) is 3.23. The molecule has 0 fully saturated rings. The van der Waals surface area contributed by atoms with Crippen molar-refractivity contribution in [1.82, 2.24) is 15.1 Å². The SMILES string of the molecule is Cc1nn(CC(C)C)c(C)c1CC(=O)NCCc1cccs1. The Labute approximate surface area is 136 Å². The van der Waals surface area contributed by atoms with E-state index in [9.17, 15) is 4.79 Å². The van der Waals surface area contributed by atoms with Crippen molar-refractivity contribution in [3.63, 3.8) is 0 Å². The Bertz CT molecular complexity index is 614. The lowest BCUT2D eigenvalue weighted by Gasteiger charge is -2.08. The van der Waals surface area contributed by atoms with Gasteiger partial charge in [0.15, 0.2) is 0 Å². The van der Waals surface area contributed by atoms with Gasteiger partial charge in [-0.25, -0.2) is 0 Å². The molecule has 0 saturated heterocycles. The van der Waals surface area contributed by atoms with Crippen molar-refractivity contribution in [1.29, 1.82) is 0 Å². The summed E-state index contributed by atoms with van der Waals surface area (Å²) < 4.78 is 2.02. The molecule has 0 aliphatic carbocycles. The summed E-state index contributed by atoms with van der Waals surface area (Å²) in [6, 6.07) is 4.14. The summed E-state index contributed by atoms with van der Waals surface area (Å²) in [5.74, 6) is 0.623. The highest BCUT2D eigenvalue weighted by molar-refractivity contribution is 7.09. The van der Waals surface area contributed by atoms with E-state index in [1.807, 2.05) is 17.7 Å². The number of carbonyl (C=O) groups excluding carboxylic acids is 1. The van der Waals surface area contributed by atoms with Crippen molar-refractivity contribution in [2.45, 2.75) is 47.1 Å². The molecule has 2 rings (SSSR count). The summed E-state index contributed by atoms with van der Waals surface area (Å²) in [5, 5.41) is 9.63. The van der Waals surface area contributed by atoms with Crippen molar-refractivity contribution in [2.24, 2.45) is 5.92 Å². The highest BCUT2D eigenvalue weighted by atomic mass is 32.1. The van der Waals surface area contributed by atoms with E-state index in [-0.39, 0.29) is 5.91 Å². The molecule has 0 aliphatic rings. The molecular weight excluding hydrogens is 294 g/mol. The second-order valence-electron chi connectivity index (χ2n) is 6.08. The van der Waals surface area contributed by atoms with Crippen LogP contribution in [-0.2, 0) is 24.2 Å². The molecule has 0 saturated carbocycles. The first-order chi connectivity index (χ1) is 10.5. The minimum atomic E-state index is 0.0758. The summed E-state index contributed by atoms with van der Waals surface area (Å²) in [6.45, 7) is 9.97. The van der Waals surface area contributed by atoms with Crippen molar-refractivity contribution in [3.8, 4) is 0 Å². The molecule has 0 atom stereocenters. The van der Waals surface area contributed by atoms with Crippen LogP contribution in [0.25, 0.3) is 0 Å². The van der Waals surface area contributed by atoms with E-state index in [1.165, 1.54) is 4.88 Å². The van der Waals surface area contributed by atoms with E-state index in [2.05, 4.69) is 42.6 Å². The molecule has 0 spiro atoms. The van der Waals surface area contributed by atoms with Gasteiger partial charge in [0.1, 0.15) is 0 Å². The molecule has 0 radical (unpaired) electrons. The molecule has 1 N–H and O–H groups in total. The summed E-state index contributed by atoms with van der Waals surface area (Å²) in [6.07, 6.45) is 1.31. The summed E-state index contributed by atoms with van der Waals surface area (Å²) >= 11 is 1.73. The highest BCUT2D eigenvalue weighted by Crippen LogP contribution is 2.15. The van der Waals surface area contributed by atoms with Gasteiger partial charge in [-0.3, -0.25) is 9.48 Å². The van der Waals surface area contributed by atoms with Crippen LogP contribution < -0.4 is 5.32 Å². The Morgan fingerprint density at radius 2 is 2.18 bits per heavy atom. The van der Waals surface area contributed by atoms with E-state index in [1.54, 1.807) is 11.3 Å². The molecule has 4 nitrogen and oxygen atoms in total. The molecule has 2 aromatic heterocycles. The molecule has 0 aliphatic heterocycles. The third-order valence-electron chi connectivity index (χ3n) is 3.68. The molecule has 5 heteroatoms. The topological polar surface area (TPSA) is 46.9 Å². The third-order valence-corrected chi connectivity index (χ3v) is 4.62. The number of nitrogens with zero attached hydrogens (tertiary/aromatic N) is 2. The van der Waals surface area contributed by atoms with Gasteiger partial charge in [0.2, 0.25) is 5.91 Å². The normalized spacial score (nSPS) is 11.1. The molecular formula is C17H25N3OS. The van der Waals surface area contributed by atoms with Crippen LogP contribution in [0.5, 0.6) is 0 Å². The van der Waals surface area contributed by atoms with E-state index >= 15 is 0 Å². The largest absolute Gasteiger partial charge is 0.355 e. The van der Waals surface area contributed by atoms with Crippen LogP contribution in [-0.4, -0.2) is 22.2 Å². The number of rotatable bonds is 7. The zero-order valence-corrected chi connectivity index (χ0v) is 14.7. The minimum Gasteiger partial charge on any atom is -0.355 e. The Morgan fingerprint density at radius 1 is 1.41 bits per heavy atom. The quantitative estimate of drug-likeness (QED) is 0.852. The first-order valence-corrected chi connectivity index (χ1v) is 8.67. The van der Waals surface area contributed by atoms with Gasteiger partial charge in [0, 0.05) is 29.2 Å². The van der Waals surface area contributed by atoms with Gasteiger partial charge in [0.05, 0.1) is 12.1 Å². The van der Waals surface area contributed by atoms with Crippen LogP contribution in [0.4, 0.5) is 0 Å². The number of thiophene rings is 1. The number of hydrogen-bond acceptors (Lipinski definition) is 3. The highest BCUT2D eigenvalue weighted by Gasteiger charge is 2.15. The standard InChI is InChI=1S/C17H25N3OS/c1-12(2)11-20-14(4)16(13(3)19-20)10-17(21)18-8-7-15-6-5-9-22-15/h5-6,9,12H,7-8,10-11H2,1-4H3,(H,18,21). The van der Waals surface area contributed by atoms with Crippen LogP contribution in [0, 0.1) is 19.8 Å². The van der Waals surface area contributed by atoms with Gasteiger partial charge in [-0.1, -0.05) is 19.9 Å². The number of amides is 1. The van der Waals surface area contributed by atoms with Crippen molar-refractivity contribution in [3.05, 3.63) is 39.3 Å². The molecule has 0 bridgehead atoms. The number of aromatic nitrogens is 2. The molecule has 2 aromatic rings. The monoisotopic (exact) mass is 319 g/mol. The van der Waals surface area contributed by atoms with Gasteiger partial charge in [-0.05, 0) is 37.6 Å². The Kier molecular flexibility index (Phi) is 5.77. The maximum atomic E-state index is 12.1. The average molecular weight is 319 g/mol. The van der Waals surface area contributed by atoms with E-state index in [0.717, 1.165) is 29.9 Å². The lowest BCUT2D eigenvalue weighted by molar-refractivity contribution is -0.120. The smallest absolute Gasteiger partial charge is 0.224 e. The van der Waals surface area contributed by atoms with Gasteiger partial charge in [-0.2, -0.15) is 5.10 Å². The second-order valence-corrected chi connectivity index (χ2v) is 7.11. The molecule has 2 heterocycles. The molecule has 120 valence electrons. The Hall–Kier alpha value is -1.62. The lowest BCUT2D eigenvalue weighted by Crippen LogP contribution is -2.27. The maximum Gasteiger partial charge on any atom is 0.224 e. The molecule has 22 heavy (non-hydrogen) atoms. The third kappa shape index (κ3) is 4.44. The first-order valence-electron chi connectivity index (χ1n) is 7.79. The lowest BCUT2D eigenvalue weighted by atomic mass is 10.1. The van der Waals surface area contributed by atoms with Crippen LogP contribution >= 0.6 is 11.3 Å². The summed E-state index contributed by atoms with van der Waals surface area (Å²) in [4.78, 5) is 13.4. The minimum absolute atomic E-state index is 0.0758. The predicted octanol–water partition coefficient (Wildman–Crippen LogP) is 3.12. The molecule has 0 aromatic carbocycles. The fraction of sp³-hybridized carbons (Fsp3) is 0.529. The van der Waals surface area contributed by atoms with Crippen LogP contribution in [0.2, 0.25) is 0 Å². The second kappa shape index (κ2) is 7.58. The number of carbonyl (C=O) groups is 1. The van der Waals surface area contributed by atoms with Gasteiger partial charge in [0.25, 0.3) is 0 Å². The zero-order valence-electron chi connectivity index (χ0n) is 13.8. The molecule has 1 amide bonds. The van der Waals surface area contributed by atoms with Gasteiger partial charge >= 0.3 is 0 Å². The summed E-state index contributed by atoms with van der Waals surface area (Å²) in [7, 11) is 0. The van der Waals surface area contributed by atoms with Crippen molar-refractivity contribution >= 4 is 17.2 Å². The van der Waals surface area contributed by atoms with E-state index < -0.39 is 0 Å². The van der Waals surface area contributed by atoms with Crippen LogP contribution in [0.1, 0.15) is 35.7 Å². The predicted molar refractivity (Wildman–Crippen MR) is 91.3 cm³/mol. The van der Waals surface area contributed by atoms with Gasteiger partial charge in [-0.15, -0.1) is 11.3 Å². The Balaban J connectivity index is 1.89. The number of nitrogens with one attached hydrogen (secondary N) is 1. The van der Waals surface area contributed by atoms with Crippen molar-refractivity contribution in [2.75, 3.05) is 6.54 Å². The fourth-order valence-electron chi connectivity index (χ4n) is 2.52. The zero-order chi connectivity index (χ0) is 16.1. The first kappa shape index (κ1) is 16.7. The van der Waals surface area contributed by atoms with E-state index in [0.29, 0.717) is 18.9 Å². The number of aryl methyl sites for hydroxylation is 1. The van der Waals surface area contributed by atoms with Crippen LogP contribution in [0.15, 0.2) is 17.5 Å². The number of hydrogen-bond donors (Lipinski definition) is 1. The summed E-state index contributed by atoms with van der Waals surface area (Å²) in [5.41, 5.74) is 3.14. The van der Waals surface area contributed by atoms with E-state index in [4.69, 9.17) is 0 Å². The van der Waals surface area contributed by atoms with Gasteiger partial charge < -0.3 is 5.32 Å². The van der Waals surface area contributed by atoms with Crippen LogP contribution in [0.3, 0.4) is 0 Å². The van der Waals surface area contributed by atoms with Crippen molar-refractivity contribution < 1.29 is 4.79 Å². The average Bonchev–Trinajstić information content (AvgIpc) is 3.03. The molecule has 0 unspecified atom stereocenters. The maximum absolute atomic E-state index is 12.1.